The molecule has 2 rings (SSSR count). The molecule has 1 heterocycles. The van der Waals surface area contributed by atoms with E-state index in [1.165, 1.54) is 12.1 Å². The van der Waals surface area contributed by atoms with E-state index in [9.17, 15) is 13.2 Å². The fourth-order valence-corrected chi connectivity index (χ4v) is 2.38. The van der Waals surface area contributed by atoms with Crippen molar-refractivity contribution in [2.24, 2.45) is 5.14 Å². The molecule has 0 radical (unpaired) electrons. The van der Waals surface area contributed by atoms with Crippen molar-refractivity contribution >= 4 is 15.9 Å². The van der Waals surface area contributed by atoms with Crippen LogP contribution in [0.15, 0.2) is 41.4 Å². The predicted octanol–water partition coefficient (Wildman–Crippen LogP) is 0.170. The summed E-state index contributed by atoms with van der Waals surface area (Å²) in [5.41, 5.74) is 1.63. The molecule has 0 atom stereocenters. The molecular weight excluding hydrogens is 332 g/mol. The van der Waals surface area contributed by atoms with Gasteiger partial charge in [-0.05, 0) is 37.1 Å². The van der Waals surface area contributed by atoms with Crippen molar-refractivity contribution in [2.45, 2.75) is 18.2 Å². The maximum atomic E-state index is 11.7. The molecule has 0 aliphatic rings. The van der Waals surface area contributed by atoms with Crippen molar-refractivity contribution in [1.29, 1.82) is 0 Å². The van der Waals surface area contributed by atoms with Gasteiger partial charge in [-0.3, -0.25) is 4.79 Å². The Kier molecular flexibility index (Phi) is 5.83. The molecule has 128 valence electrons. The number of nitrogens with one attached hydrogen (secondary N) is 1. The molecule has 0 saturated heterocycles. The van der Waals surface area contributed by atoms with Gasteiger partial charge in [0.25, 0.3) is 5.91 Å². The Labute approximate surface area is 140 Å². The summed E-state index contributed by atoms with van der Waals surface area (Å²) in [6.45, 7) is 2.02. The Hall–Kier alpha value is -2.52. The van der Waals surface area contributed by atoms with Crippen LogP contribution in [0.3, 0.4) is 0 Å². The minimum Gasteiger partial charge on any atom is -0.453 e. The number of sulfonamides is 1. The van der Waals surface area contributed by atoms with Crippen LogP contribution in [0.4, 0.5) is 0 Å². The SMILES string of the molecule is Cc1ccnc(OCC(=O)NCCc2ccc(S(N)(=O)=O)cc2)n1. The second kappa shape index (κ2) is 7.84. The van der Waals surface area contributed by atoms with Crippen LogP contribution in [0.5, 0.6) is 6.01 Å². The minimum atomic E-state index is -3.69. The zero-order valence-electron chi connectivity index (χ0n) is 13.1. The molecule has 0 aliphatic carbocycles. The van der Waals surface area contributed by atoms with E-state index >= 15 is 0 Å². The zero-order chi connectivity index (χ0) is 17.6. The molecule has 1 aromatic heterocycles. The van der Waals surface area contributed by atoms with Crippen LogP contribution in [-0.2, 0) is 21.2 Å². The summed E-state index contributed by atoms with van der Waals surface area (Å²) >= 11 is 0. The predicted molar refractivity (Wildman–Crippen MR) is 86.8 cm³/mol. The number of hydrogen-bond donors (Lipinski definition) is 2. The van der Waals surface area contributed by atoms with Crippen molar-refractivity contribution in [3.05, 3.63) is 47.8 Å². The number of ether oxygens (including phenoxy) is 1. The van der Waals surface area contributed by atoms with Crippen molar-refractivity contribution in [1.82, 2.24) is 15.3 Å². The van der Waals surface area contributed by atoms with Gasteiger partial charge in [0.05, 0.1) is 4.90 Å². The van der Waals surface area contributed by atoms with Crippen LogP contribution >= 0.6 is 0 Å². The highest BCUT2D eigenvalue weighted by atomic mass is 32.2. The van der Waals surface area contributed by atoms with Gasteiger partial charge in [0.2, 0.25) is 10.0 Å². The molecule has 0 saturated carbocycles. The third-order valence-corrected chi connectivity index (χ3v) is 4.02. The molecule has 0 unspecified atom stereocenters. The Balaban J connectivity index is 1.74. The Morgan fingerprint density at radius 3 is 2.58 bits per heavy atom. The van der Waals surface area contributed by atoms with Crippen molar-refractivity contribution < 1.29 is 17.9 Å². The molecule has 24 heavy (non-hydrogen) atoms. The molecule has 0 fully saturated rings. The van der Waals surface area contributed by atoms with Gasteiger partial charge >= 0.3 is 6.01 Å². The van der Waals surface area contributed by atoms with Crippen molar-refractivity contribution in [2.75, 3.05) is 13.2 Å². The number of primary sulfonamides is 1. The lowest BCUT2D eigenvalue weighted by Crippen LogP contribution is -2.30. The number of amides is 1. The first-order chi connectivity index (χ1) is 11.3. The van der Waals surface area contributed by atoms with Gasteiger partial charge in [0, 0.05) is 18.4 Å². The lowest BCUT2D eigenvalue weighted by atomic mass is 10.1. The summed E-state index contributed by atoms with van der Waals surface area (Å²) in [6.07, 6.45) is 2.11. The van der Waals surface area contributed by atoms with Crippen LogP contribution < -0.4 is 15.2 Å². The smallest absolute Gasteiger partial charge is 0.317 e. The Morgan fingerprint density at radius 1 is 1.25 bits per heavy atom. The maximum absolute atomic E-state index is 11.7. The number of aromatic nitrogens is 2. The highest BCUT2D eigenvalue weighted by Gasteiger charge is 2.07. The average molecular weight is 350 g/mol. The normalized spacial score (nSPS) is 11.1. The van der Waals surface area contributed by atoms with Crippen LogP contribution in [0.2, 0.25) is 0 Å². The summed E-state index contributed by atoms with van der Waals surface area (Å²) in [7, 11) is -3.69. The number of nitrogens with zero attached hydrogens (tertiary/aromatic N) is 2. The minimum absolute atomic E-state index is 0.0573. The summed E-state index contributed by atoms with van der Waals surface area (Å²) in [6, 6.07) is 8.07. The lowest BCUT2D eigenvalue weighted by Gasteiger charge is -2.07. The molecule has 0 bridgehead atoms. The highest BCUT2D eigenvalue weighted by Crippen LogP contribution is 2.08. The molecule has 3 N–H and O–H groups in total. The van der Waals surface area contributed by atoms with Gasteiger partial charge in [-0.2, -0.15) is 0 Å². The van der Waals surface area contributed by atoms with E-state index in [1.807, 2.05) is 0 Å². The van der Waals surface area contributed by atoms with Gasteiger partial charge in [-0.25, -0.2) is 23.5 Å². The first kappa shape index (κ1) is 17.8. The largest absolute Gasteiger partial charge is 0.453 e. The lowest BCUT2D eigenvalue weighted by molar-refractivity contribution is -0.123. The number of hydrogen-bond acceptors (Lipinski definition) is 6. The Morgan fingerprint density at radius 2 is 1.96 bits per heavy atom. The van der Waals surface area contributed by atoms with E-state index in [-0.39, 0.29) is 23.4 Å². The maximum Gasteiger partial charge on any atom is 0.317 e. The first-order valence-corrected chi connectivity index (χ1v) is 8.70. The van der Waals surface area contributed by atoms with E-state index in [0.29, 0.717) is 13.0 Å². The standard InChI is InChI=1S/C15H18N4O4S/c1-11-6-8-18-15(19-11)23-10-14(20)17-9-7-12-2-4-13(5-3-12)24(16,21)22/h2-6,8H,7,9-10H2,1H3,(H,17,20)(H2,16,21,22). The molecule has 1 aromatic carbocycles. The summed E-state index contributed by atoms with van der Waals surface area (Å²) in [4.78, 5) is 19.7. The number of aryl methyl sites for hydroxylation is 1. The third-order valence-electron chi connectivity index (χ3n) is 3.09. The molecule has 1 amide bonds. The first-order valence-electron chi connectivity index (χ1n) is 7.15. The van der Waals surface area contributed by atoms with E-state index in [2.05, 4.69) is 15.3 Å². The number of rotatable bonds is 7. The van der Waals surface area contributed by atoms with Gasteiger partial charge in [-0.15, -0.1) is 0 Å². The fourth-order valence-electron chi connectivity index (χ4n) is 1.87. The van der Waals surface area contributed by atoms with Crippen LogP contribution in [0, 0.1) is 6.92 Å². The number of carbonyl (C=O) groups is 1. The van der Waals surface area contributed by atoms with Crippen molar-refractivity contribution in [3.63, 3.8) is 0 Å². The number of benzene rings is 1. The van der Waals surface area contributed by atoms with Gasteiger partial charge in [-0.1, -0.05) is 12.1 Å². The average Bonchev–Trinajstić information content (AvgIpc) is 2.53. The molecule has 9 heteroatoms. The summed E-state index contributed by atoms with van der Waals surface area (Å²) in [5, 5.41) is 7.73. The van der Waals surface area contributed by atoms with Crippen LogP contribution in [0.25, 0.3) is 0 Å². The van der Waals surface area contributed by atoms with E-state index in [0.717, 1.165) is 11.3 Å². The molecule has 0 aliphatic heterocycles. The summed E-state index contributed by atoms with van der Waals surface area (Å²) < 4.78 is 27.5. The van der Waals surface area contributed by atoms with E-state index in [1.54, 1.807) is 31.3 Å². The highest BCUT2D eigenvalue weighted by molar-refractivity contribution is 7.89. The summed E-state index contributed by atoms with van der Waals surface area (Å²) in [5.74, 6) is -0.290. The number of nitrogens with two attached hydrogens (primary N) is 1. The molecule has 2 aromatic rings. The monoisotopic (exact) mass is 350 g/mol. The zero-order valence-corrected chi connectivity index (χ0v) is 13.9. The van der Waals surface area contributed by atoms with Gasteiger partial charge in [0.1, 0.15) is 0 Å². The van der Waals surface area contributed by atoms with Crippen molar-refractivity contribution in [3.8, 4) is 6.01 Å². The quantitative estimate of drug-likeness (QED) is 0.733. The van der Waals surface area contributed by atoms with Crippen LogP contribution in [-0.4, -0.2) is 37.4 Å². The second-order valence-electron chi connectivity index (χ2n) is 5.06. The van der Waals surface area contributed by atoms with Gasteiger partial charge in [0.15, 0.2) is 6.61 Å². The van der Waals surface area contributed by atoms with E-state index in [4.69, 9.17) is 9.88 Å². The third kappa shape index (κ3) is 5.60. The Bertz CT molecular complexity index is 806. The van der Waals surface area contributed by atoms with E-state index < -0.39 is 10.0 Å². The topological polar surface area (TPSA) is 124 Å². The fraction of sp³-hybridized carbons (Fsp3) is 0.267. The van der Waals surface area contributed by atoms with Crippen LogP contribution in [0.1, 0.15) is 11.3 Å². The second-order valence-corrected chi connectivity index (χ2v) is 6.62. The molecule has 8 nitrogen and oxygen atoms in total. The van der Waals surface area contributed by atoms with Gasteiger partial charge < -0.3 is 10.1 Å². The molecule has 0 spiro atoms. The molecular formula is C15H18N4O4S. The number of carbonyl (C=O) groups excluding carboxylic acids is 1.